The second kappa shape index (κ2) is 9.75. The van der Waals surface area contributed by atoms with Crippen LogP contribution in [0.2, 0.25) is 5.02 Å². The molecule has 6 nitrogen and oxygen atoms in total. The highest BCUT2D eigenvalue weighted by Gasteiger charge is 2.30. The summed E-state index contributed by atoms with van der Waals surface area (Å²) in [5, 5.41) is 3.76. The highest BCUT2D eigenvalue weighted by atomic mass is 35.5. The van der Waals surface area contributed by atoms with Gasteiger partial charge in [-0.15, -0.1) is 0 Å². The number of halogens is 1. The first-order valence-corrected chi connectivity index (χ1v) is 9.23. The van der Waals surface area contributed by atoms with Crippen LogP contribution in [0.3, 0.4) is 0 Å². The summed E-state index contributed by atoms with van der Waals surface area (Å²) in [5.41, 5.74) is 1.11. The van der Waals surface area contributed by atoms with Crippen LogP contribution in [-0.2, 0) is 9.53 Å². The first kappa shape index (κ1) is 20.5. The minimum absolute atomic E-state index is 0.170. The van der Waals surface area contributed by atoms with Crippen molar-refractivity contribution in [1.29, 1.82) is 0 Å². The summed E-state index contributed by atoms with van der Waals surface area (Å²) >= 11 is 11.5. The molecule has 0 aromatic heterocycles. The van der Waals surface area contributed by atoms with Gasteiger partial charge in [-0.1, -0.05) is 11.6 Å². The Balaban J connectivity index is 2.19. The number of carbonyl (C=O) groups is 1. The Kier molecular flexibility index (Phi) is 7.68. The Bertz CT molecular complexity index is 709. The van der Waals surface area contributed by atoms with Gasteiger partial charge in [0.1, 0.15) is 5.70 Å². The highest BCUT2D eigenvalue weighted by Crippen LogP contribution is 2.37. The number of nitrogens with zero attached hydrogens (tertiary/aromatic N) is 1. The lowest BCUT2D eigenvalue weighted by molar-refractivity contribution is -0.122. The van der Waals surface area contributed by atoms with Crippen LogP contribution in [0.4, 0.5) is 0 Å². The van der Waals surface area contributed by atoms with Gasteiger partial charge in [0.05, 0.1) is 18.7 Å². The first-order chi connectivity index (χ1) is 12.5. The number of hydrogen-bond donors (Lipinski definition) is 1. The van der Waals surface area contributed by atoms with Crippen LogP contribution in [-0.4, -0.2) is 49.4 Å². The fourth-order valence-electron chi connectivity index (χ4n) is 2.54. The average Bonchev–Trinajstić information content (AvgIpc) is 2.86. The molecule has 0 saturated carbocycles. The Hall–Kier alpha value is -1.83. The molecular formula is C18H23ClN2O4S. The van der Waals surface area contributed by atoms with E-state index in [0.717, 1.165) is 6.42 Å². The van der Waals surface area contributed by atoms with Gasteiger partial charge in [0, 0.05) is 19.8 Å². The van der Waals surface area contributed by atoms with Gasteiger partial charge in [-0.25, -0.2) is 0 Å². The molecule has 0 aliphatic carbocycles. The van der Waals surface area contributed by atoms with Crippen molar-refractivity contribution in [1.82, 2.24) is 10.2 Å². The van der Waals surface area contributed by atoms with Crippen LogP contribution >= 0.6 is 23.8 Å². The molecule has 0 spiro atoms. The normalized spacial score (nSPS) is 15.5. The summed E-state index contributed by atoms with van der Waals surface area (Å²) in [6.45, 7) is 6.04. The van der Waals surface area contributed by atoms with Crippen molar-refractivity contribution in [2.75, 3.05) is 33.5 Å². The van der Waals surface area contributed by atoms with Crippen molar-refractivity contribution < 1.29 is 19.0 Å². The lowest BCUT2D eigenvalue weighted by Gasteiger charge is -2.13. The molecule has 1 heterocycles. The molecule has 0 unspecified atom stereocenters. The zero-order chi connectivity index (χ0) is 19.1. The maximum atomic E-state index is 12.6. The van der Waals surface area contributed by atoms with E-state index in [1.807, 2.05) is 13.8 Å². The number of nitrogens with one attached hydrogen (secondary N) is 1. The second-order valence-electron chi connectivity index (χ2n) is 5.46. The quantitative estimate of drug-likeness (QED) is 0.391. The van der Waals surface area contributed by atoms with Gasteiger partial charge >= 0.3 is 0 Å². The summed E-state index contributed by atoms with van der Waals surface area (Å²) in [4.78, 5) is 14.1. The summed E-state index contributed by atoms with van der Waals surface area (Å²) in [6.07, 6.45) is 2.42. The summed E-state index contributed by atoms with van der Waals surface area (Å²) < 4.78 is 16.1. The number of amides is 1. The topological polar surface area (TPSA) is 60.0 Å². The molecule has 1 N–H and O–H groups in total. The molecule has 0 radical (unpaired) electrons. The van der Waals surface area contributed by atoms with Crippen LogP contribution < -0.4 is 14.8 Å². The summed E-state index contributed by atoms with van der Waals surface area (Å²) in [5.74, 6) is 0.821. The number of ether oxygens (including phenoxy) is 3. The standard InChI is InChI=1S/C18H23ClN2O4S/c1-4-24-8-6-7-21-17(22)14(20-18(21)26)10-12-9-13(19)16(23-3)15(11-12)25-5-2/h9-11H,4-8H2,1-3H3,(H,20,26)/b14-10+. The van der Waals surface area contributed by atoms with Crippen molar-refractivity contribution >= 4 is 40.9 Å². The molecule has 0 atom stereocenters. The maximum Gasteiger partial charge on any atom is 0.276 e. The molecule has 2 rings (SSSR count). The van der Waals surface area contributed by atoms with Crippen molar-refractivity contribution in [3.8, 4) is 11.5 Å². The molecule has 142 valence electrons. The first-order valence-electron chi connectivity index (χ1n) is 8.44. The lowest BCUT2D eigenvalue weighted by Crippen LogP contribution is -2.32. The van der Waals surface area contributed by atoms with Crippen molar-refractivity contribution in [3.05, 3.63) is 28.4 Å². The largest absolute Gasteiger partial charge is 0.491 e. The van der Waals surface area contributed by atoms with E-state index >= 15 is 0 Å². The molecule has 1 aromatic carbocycles. The summed E-state index contributed by atoms with van der Waals surface area (Å²) in [7, 11) is 1.53. The monoisotopic (exact) mass is 398 g/mol. The number of benzene rings is 1. The zero-order valence-electron chi connectivity index (χ0n) is 15.1. The molecule has 1 aliphatic rings. The van der Waals surface area contributed by atoms with E-state index in [4.69, 9.17) is 38.0 Å². The molecule has 8 heteroatoms. The van der Waals surface area contributed by atoms with Crippen LogP contribution in [0, 0.1) is 0 Å². The fourth-order valence-corrected chi connectivity index (χ4v) is 3.12. The van der Waals surface area contributed by atoms with Gasteiger partial charge in [0.25, 0.3) is 5.91 Å². The molecule has 1 aromatic rings. The van der Waals surface area contributed by atoms with Gasteiger partial charge in [-0.05, 0) is 56.3 Å². The van der Waals surface area contributed by atoms with E-state index in [-0.39, 0.29) is 5.91 Å². The molecule has 1 aliphatic heterocycles. The number of hydrogen-bond acceptors (Lipinski definition) is 5. The van der Waals surface area contributed by atoms with Crippen LogP contribution in [0.1, 0.15) is 25.8 Å². The Morgan fingerprint density at radius 3 is 2.73 bits per heavy atom. The lowest BCUT2D eigenvalue weighted by atomic mass is 10.1. The molecule has 0 bridgehead atoms. The van der Waals surface area contributed by atoms with Crippen LogP contribution in [0.5, 0.6) is 11.5 Å². The zero-order valence-corrected chi connectivity index (χ0v) is 16.7. The number of methoxy groups -OCH3 is 1. The fraction of sp³-hybridized carbons (Fsp3) is 0.444. The number of thiocarbonyl (C=S) groups is 1. The third kappa shape index (κ3) is 4.87. The van der Waals surface area contributed by atoms with Gasteiger partial charge in [-0.3, -0.25) is 9.69 Å². The van der Waals surface area contributed by atoms with Gasteiger partial charge in [0.2, 0.25) is 0 Å². The Labute approximate surface area is 164 Å². The molecular weight excluding hydrogens is 376 g/mol. The summed E-state index contributed by atoms with van der Waals surface area (Å²) in [6, 6.07) is 3.49. The average molecular weight is 399 g/mol. The number of rotatable bonds is 9. The Morgan fingerprint density at radius 2 is 2.08 bits per heavy atom. The predicted octanol–water partition coefficient (Wildman–Crippen LogP) is 3.23. The predicted molar refractivity (Wildman–Crippen MR) is 106 cm³/mol. The van der Waals surface area contributed by atoms with Crippen molar-refractivity contribution in [2.24, 2.45) is 0 Å². The molecule has 1 saturated heterocycles. The van der Waals surface area contributed by atoms with E-state index < -0.39 is 0 Å². The second-order valence-corrected chi connectivity index (χ2v) is 6.26. The van der Waals surface area contributed by atoms with Crippen molar-refractivity contribution in [2.45, 2.75) is 20.3 Å². The van der Waals surface area contributed by atoms with E-state index in [9.17, 15) is 4.79 Å². The van der Waals surface area contributed by atoms with Crippen molar-refractivity contribution in [3.63, 3.8) is 0 Å². The highest BCUT2D eigenvalue weighted by molar-refractivity contribution is 7.80. The minimum atomic E-state index is -0.170. The molecule has 1 amide bonds. The molecule has 26 heavy (non-hydrogen) atoms. The Morgan fingerprint density at radius 1 is 1.31 bits per heavy atom. The third-order valence-corrected chi connectivity index (χ3v) is 4.29. The van der Waals surface area contributed by atoms with Gasteiger partial charge in [-0.2, -0.15) is 0 Å². The van der Waals surface area contributed by atoms with Gasteiger partial charge < -0.3 is 19.5 Å². The van der Waals surface area contributed by atoms with E-state index in [1.54, 1.807) is 18.2 Å². The maximum absolute atomic E-state index is 12.6. The minimum Gasteiger partial charge on any atom is -0.491 e. The van der Waals surface area contributed by atoms with E-state index in [0.29, 0.717) is 59.3 Å². The smallest absolute Gasteiger partial charge is 0.276 e. The van der Waals surface area contributed by atoms with Crippen LogP contribution in [0.15, 0.2) is 17.8 Å². The number of carbonyl (C=O) groups excluding carboxylic acids is 1. The molecule has 1 fully saturated rings. The SMILES string of the molecule is CCOCCCN1C(=O)/C(=C\c2cc(Cl)c(OC)c(OCC)c2)NC1=S. The van der Waals surface area contributed by atoms with E-state index in [2.05, 4.69) is 5.32 Å². The van der Waals surface area contributed by atoms with E-state index in [1.165, 1.54) is 12.0 Å². The van der Waals surface area contributed by atoms with Gasteiger partial charge in [0.15, 0.2) is 16.6 Å². The van der Waals surface area contributed by atoms with Crippen LogP contribution in [0.25, 0.3) is 6.08 Å². The third-order valence-electron chi connectivity index (χ3n) is 3.68.